The van der Waals surface area contributed by atoms with Gasteiger partial charge in [-0.25, -0.2) is 17.5 Å². The molecule has 0 unspecified atom stereocenters. The molecule has 17 heavy (non-hydrogen) atoms. The van der Waals surface area contributed by atoms with E-state index in [9.17, 15) is 12.8 Å². The zero-order valence-corrected chi connectivity index (χ0v) is 10.8. The fraction of sp³-hybridized carbons (Fsp3) is 0.455. The van der Waals surface area contributed by atoms with Gasteiger partial charge in [0, 0.05) is 13.1 Å². The largest absolute Gasteiger partial charge is 0.316 e. The van der Waals surface area contributed by atoms with Gasteiger partial charge < -0.3 is 5.32 Å². The van der Waals surface area contributed by atoms with Gasteiger partial charge in [-0.15, -0.1) is 0 Å². The molecule has 96 valence electrons. The summed E-state index contributed by atoms with van der Waals surface area (Å²) in [6, 6.07) is 4.02. The molecule has 0 aliphatic carbocycles. The van der Waals surface area contributed by atoms with Crippen LogP contribution in [0.4, 0.5) is 4.39 Å². The minimum absolute atomic E-state index is 0.240. The molecule has 6 heteroatoms. The zero-order chi connectivity index (χ0) is 12.9. The number of halogens is 1. The van der Waals surface area contributed by atoms with Crippen LogP contribution < -0.4 is 10.0 Å². The fourth-order valence-electron chi connectivity index (χ4n) is 1.34. The Labute approximate surface area is 101 Å². The summed E-state index contributed by atoms with van der Waals surface area (Å²) >= 11 is 0. The van der Waals surface area contributed by atoms with Gasteiger partial charge in [-0.2, -0.15) is 0 Å². The highest BCUT2D eigenvalue weighted by molar-refractivity contribution is 7.89. The molecule has 1 aromatic carbocycles. The van der Waals surface area contributed by atoms with E-state index >= 15 is 0 Å². The van der Waals surface area contributed by atoms with Gasteiger partial charge in [0.1, 0.15) is 10.7 Å². The second kappa shape index (κ2) is 6.09. The van der Waals surface area contributed by atoms with E-state index in [-0.39, 0.29) is 11.4 Å². The number of benzene rings is 1. The lowest BCUT2D eigenvalue weighted by molar-refractivity contribution is 0.554. The van der Waals surface area contributed by atoms with Crippen molar-refractivity contribution in [3.63, 3.8) is 0 Å². The lowest BCUT2D eigenvalue weighted by atomic mass is 10.2. The maximum Gasteiger partial charge on any atom is 0.243 e. The smallest absolute Gasteiger partial charge is 0.243 e. The van der Waals surface area contributed by atoms with Crippen LogP contribution in [0.5, 0.6) is 0 Å². The third-order valence-electron chi connectivity index (χ3n) is 2.22. The third-order valence-corrected chi connectivity index (χ3v) is 3.70. The molecule has 0 atom stereocenters. The minimum Gasteiger partial charge on any atom is -0.316 e. The van der Waals surface area contributed by atoms with E-state index < -0.39 is 15.8 Å². The van der Waals surface area contributed by atoms with Crippen molar-refractivity contribution in [3.8, 4) is 0 Å². The van der Waals surface area contributed by atoms with E-state index in [0.717, 1.165) is 12.6 Å². The summed E-state index contributed by atoms with van der Waals surface area (Å²) in [4.78, 5) is -0.297. The highest BCUT2D eigenvalue weighted by atomic mass is 32.2. The Morgan fingerprint density at radius 2 is 2.00 bits per heavy atom. The van der Waals surface area contributed by atoms with E-state index in [0.29, 0.717) is 12.1 Å². The van der Waals surface area contributed by atoms with Crippen LogP contribution in [0.15, 0.2) is 23.1 Å². The van der Waals surface area contributed by atoms with Crippen LogP contribution in [0.1, 0.15) is 12.5 Å². The van der Waals surface area contributed by atoms with Gasteiger partial charge in [0.25, 0.3) is 0 Å². The number of likely N-dealkylation sites (N-methyl/N-ethyl adjacent to an activating group) is 1. The monoisotopic (exact) mass is 260 g/mol. The molecule has 0 heterocycles. The van der Waals surface area contributed by atoms with Crippen LogP contribution in [0.2, 0.25) is 0 Å². The average Bonchev–Trinajstić information content (AvgIpc) is 2.28. The zero-order valence-electron chi connectivity index (χ0n) is 9.96. The second-order valence-electron chi connectivity index (χ2n) is 3.69. The average molecular weight is 260 g/mol. The van der Waals surface area contributed by atoms with E-state index in [1.54, 1.807) is 6.92 Å². The SMILES string of the molecule is CCNCCNS(=O)(=O)c1cc(C)ccc1F. The Morgan fingerprint density at radius 3 is 2.65 bits per heavy atom. The lowest BCUT2D eigenvalue weighted by Crippen LogP contribution is -2.32. The van der Waals surface area contributed by atoms with Gasteiger partial charge in [0.05, 0.1) is 0 Å². The predicted molar refractivity (Wildman–Crippen MR) is 64.9 cm³/mol. The minimum atomic E-state index is -3.76. The van der Waals surface area contributed by atoms with E-state index in [1.165, 1.54) is 12.1 Å². The quantitative estimate of drug-likeness (QED) is 0.751. The van der Waals surface area contributed by atoms with Crippen LogP contribution in [0.25, 0.3) is 0 Å². The van der Waals surface area contributed by atoms with Crippen molar-refractivity contribution in [1.82, 2.24) is 10.0 Å². The first-order chi connectivity index (χ1) is 7.97. The summed E-state index contributed by atoms with van der Waals surface area (Å²) in [5.74, 6) is -0.730. The summed E-state index contributed by atoms with van der Waals surface area (Å²) in [5.41, 5.74) is 0.707. The van der Waals surface area contributed by atoms with Crippen molar-refractivity contribution in [2.24, 2.45) is 0 Å². The summed E-state index contributed by atoms with van der Waals surface area (Å²) in [5, 5.41) is 2.98. The molecule has 0 bridgehead atoms. The number of sulfonamides is 1. The normalized spacial score (nSPS) is 11.7. The fourth-order valence-corrected chi connectivity index (χ4v) is 2.54. The predicted octanol–water partition coefficient (Wildman–Crippen LogP) is 1.02. The Bertz CT molecular complexity index is 474. The first-order valence-electron chi connectivity index (χ1n) is 5.44. The van der Waals surface area contributed by atoms with Crippen molar-refractivity contribution in [1.29, 1.82) is 0 Å². The molecule has 0 fully saturated rings. The van der Waals surface area contributed by atoms with E-state index in [1.807, 2.05) is 6.92 Å². The third kappa shape index (κ3) is 4.07. The summed E-state index contributed by atoms with van der Waals surface area (Å²) in [6.07, 6.45) is 0. The molecule has 2 N–H and O–H groups in total. The van der Waals surface area contributed by atoms with Gasteiger partial charge in [0.15, 0.2) is 0 Å². The topological polar surface area (TPSA) is 58.2 Å². The maximum absolute atomic E-state index is 13.4. The maximum atomic E-state index is 13.4. The Hall–Kier alpha value is -0.980. The number of rotatable bonds is 6. The van der Waals surface area contributed by atoms with Crippen molar-refractivity contribution >= 4 is 10.0 Å². The standard InChI is InChI=1S/C11H17FN2O2S/c1-3-13-6-7-14-17(15,16)11-8-9(2)4-5-10(11)12/h4-5,8,13-14H,3,6-7H2,1-2H3. The number of hydrogen-bond acceptors (Lipinski definition) is 3. The molecule has 0 amide bonds. The Kier molecular flexibility index (Phi) is 5.04. The molecule has 1 rings (SSSR count). The molecule has 4 nitrogen and oxygen atoms in total. The molecule has 0 spiro atoms. The summed E-state index contributed by atoms with van der Waals surface area (Å²) in [6.45, 7) is 5.17. The van der Waals surface area contributed by atoms with Gasteiger partial charge >= 0.3 is 0 Å². The first kappa shape index (κ1) is 14.1. The molecule has 0 aliphatic rings. The highest BCUT2D eigenvalue weighted by Crippen LogP contribution is 2.15. The van der Waals surface area contributed by atoms with Crippen LogP contribution in [0.3, 0.4) is 0 Å². The van der Waals surface area contributed by atoms with Crippen molar-refractivity contribution < 1.29 is 12.8 Å². The van der Waals surface area contributed by atoms with Gasteiger partial charge in [-0.1, -0.05) is 13.0 Å². The molecule has 1 aromatic rings. The second-order valence-corrected chi connectivity index (χ2v) is 5.42. The summed E-state index contributed by atoms with van der Waals surface area (Å²) < 4.78 is 39.3. The molecule has 0 aliphatic heterocycles. The van der Waals surface area contributed by atoms with E-state index in [4.69, 9.17) is 0 Å². The molecular formula is C11H17FN2O2S. The molecule has 0 aromatic heterocycles. The van der Waals surface area contributed by atoms with Crippen LogP contribution in [0, 0.1) is 12.7 Å². The Morgan fingerprint density at radius 1 is 1.29 bits per heavy atom. The van der Waals surface area contributed by atoms with Crippen molar-refractivity contribution in [3.05, 3.63) is 29.6 Å². The highest BCUT2D eigenvalue weighted by Gasteiger charge is 2.18. The first-order valence-corrected chi connectivity index (χ1v) is 6.92. The summed E-state index contributed by atoms with van der Waals surface area (Å²) in [7, 11) is -3.76. The van der Waals surface area contributed by atoms with E-state index in [2.05, 4.69) is 10.0 Å². The van der Waals surface area contributed by atoms with Crippen molar-refractivity contribution in [2.75, 3.05) is 19.6 Å². The molecule has 0 radical (unpaired) electrons. The lowest BCUT2D eigenvalue weighted by Gasteiger charge is -2.08. The molecule has 0 saturated carbocycles. The molecular weight excluding hydrogens is 243 g/mol. The van der Waals surface area contributed by atoms with Crippen LogP contribution >= 0.6 is 0 Å². The van der Waals surface area contributed by atoms with Gasteiger partial charge in [0.2, 0.25) is 10.0 Å². The van der Waals surface area contributed by atoms with Crippen LogP contribution in [-0.4, -0.2) is 28.1 Å². The molecule has 0 saturated heterocycles. The number of nitrogens with one attached hydrogen (secondary N) is 2. The van der Waals surface area contributed by atoms with Gasteiger partial charge in [-0.3, -0.25) is 0 Å². The Balaban J connectivity index is 2.79. The van der Waals surface area contributed by atoms with Crippen LogP contribution in [-0.2, 0) is 10.0 Å². The number of hydrogen-bond donors (Lipinski definition) is 2. The van der Waals surface area contributed by atoms with Gasteiger partial charge in [-0.05, 0) is 31.2 Å². The number of aryl methyl sites for hydroxylation is 1. The van der Waals surface area contributed by atoms with Crippen molar-refractivity contribution in [2.45, 2.75) is 18.7 Å².